The minimum Gasteiger partial charge on any atom is -0.484 e. The predicted molar refractivity (Wildman–Crippen MR) is 112 cm³/mol. The van der Waals surface area contributed by atoms with Crippen LogP contribution in [0.1, 0.15) is 16.3 Å². The predicted octanol–water partition coefficient (Wildman–Crippen LogP) is 3.55. The summed E-state index contributed by atoms with van der Waals surface area (Å²) in [5, 5.41) is 1.07. The van der Waals surface area contributed by atoms with Gasteiger partial charge in [-0.2, -0.15) is 4.68 Å². The molecule has 0 spiro atoms. The quantitative estimate of drug-likeness (QED) is 0.488. The number of halogens is 2. The Morgan fingerprint density at radius 3 is 2.70 bits per heavy atom. The summed E-state index contributed by atoms with van der Waals surface area (Å²) in [4.78, 5) is 39.6. The van der Waals surface area contributed by atoms with Crippen LogP contribution in [0.2, 0.25) is 10.0 Å². The summed E-state index contributed by atoms with van der Waals surface area (Å²) in [7, 11) is 0. The van der Waals surface area contributed by atoms with Gasteiger partial charge >= 0.3 is 11.6 Å². The number of nitrogens with one attached hydrogen (secondary N) is 2. The molecule has 30 heavy (non-hydrogen) atoms. The molecule has 0 atom stereocenters. The van der Waals surface area contributed by atoms with E-state index in [0.29, 0.717) is 31.7 Å². The van der Waals surface area contributed by atoms with Crippen molar-refractivity contribution < 1.29 is 13.9 Å². The van der Waals surface area contributed by atoms with Crippen LogP contribution in [0, 0.1) is 0 Å². The highest BCUT2D eigenvalue weighted by atomic mass is 35.5. The summed E-state index contributed by atoms with van der Waals surface area (Å²) in [5.74, 6) is -0.132. The molecule has 4 aromatic rings. The molecule has 10 heteroatoms. The van der Waals surface area contributed by atoms with Gasteiger partial charge in [-0.05, 0) is 42.5 Å². The fourth-order valence-corrected chi connectivity index (χ4v) is 3.20. The molecule has 0 fully saturated rings. The lowest BCUT2D eigenvalue weighted by molar-refractivity contribution is 0.0976. The average molecular weight is 446 g/mol. The van der Waals surface area contributed by atoms with E-state index in [1.54, 1.807) is 36.4 Å². The van der Waals surface area contributed by atoms with Gasteiger partial charge in [-0.25, -0.2) is 10.2 Å². The van der Waals surface area contributed by atoms with E-state index in [1.807, 2.05) is 0 Å². The van der Waals surface area contributed by atoms with Crippen molar-refractivity contribution in [3.63, 3.8) is 0 Å². The topological polar surface area (TPSA) is 106 Å². The number of ether oxygens (including phenoxy) is 1. The van der Waals surface area contributed by atoms with Crippen molar-refractivity contribution in [2.24, 2.45) is 0 Å². The first-order valence-corrected chi connectivity index (χ1v) is 9.40. The molecule has 8 nitrogen and oxygen atoms in total. The lowest BCUT2D eigenvalue weighted by Crippen LogP contribution is -2.43. The maximum atomic E-state index is 12.5. The SMILES string of the molecule is O=C(Nn1c(=O)[nH]c2ccccc2c1=O)c1ccc(COc2ccc(Cl)cc2Cl)o1. The molecule has 2 N–H and O–H groups in total. The third-order valence-electron chi connectivity index (χ3n) is 4.17. The summed E-state index contributed by atoms with van der Waals surface area (Å²) in [6.07, 6.45) is 0. The second kappa shape index (κ2) is 8.10. The van der Waals surface area contributed by atoms with E-state index in [0.717, 1.165) is 0 Å². The van der Waals surface area contributed by atoms with Crippen molar-refractivity contribution in [3.8, 4) is 5.75 Å². The number of hydrogen-bond acceptors (Lipinski definition) is 5. The number of fused-ring (bicyclic) bond motifs is 1. The smallest absolute Gasteiger partial charge is 0.348 e. The first kappa shape index (κ1) is 19.8. The van der Waals surface area contributed by atoms with Gasteiger partial charge in [0.25, 0.3) is 5.56 Å². The molecule has 152 valence electrons. The van der Waals surface area contributed by atoms with E-state index >= 15 is 0 Å². The van der Waals surface area contributed by atoms with E-state index in [9.17, 15) is 14.4 Å². The summed E-state index contributed by atoms with van der Waals surface area (Å²) >= 11 is 11.9. The number of carbonyl (C=O) groups is 1. The number of H-pyrrole nitrogens is 1. The van der Waals surface area contributed by atoms with Gasteiger partial charge in [0, 0.05) is 5.02 Å². The number of para-hydroxylation sites is 1. The van der Waals surface area contributed by atoms with E-state index in [2.05, 4.69) is 10.4 Å². The Balaban J connectivity index is 1.50. The van der Waals surface area contributed by atoms with Gasteiger partial charge < -0.3 is 14.1 Å². The summed E-state index contributed by atoms with van der Waals surface area (Å²) < 4.78 is 11.6. The zero-order valence-electron chi connectivity index (χ0n) is 15.1. The van der Waals surface area contributed by atoms with Crippen molar-refractivity contribution >= 4 is 40.0 Å². The Kier molecular flexibility index (Phi) is 5.35. The Hall–Kier alpha value is -3.49. The molecule has 2 aromatic heterocycles. The van der Waals surface area contributed by atoms with E-state index in [1.165, 1.54) is 18.2 Å². The molecule has 4 rings (SSSR count). The number of furan rings is 1. The lowest BCUT2D eigenvalue weighted by Gasteiger charge is -2.07. The second-order valence-corrected chi connectivity index (χ2v) is 7.03. The fraction of sp³-hybridized carbons (Fsp3) is 0.0500. The Bertz CT molecular complexity index is 1370. The van der Waals surface area contributed by atoms with Crippen LogP contribution in [0.5, 0.6) is 5.75 Å². The molecule has 0 saturated heterocycles. The molecule has 0 radical (unpaired) electrons. The van der Waals surface area contributed by atoms with Gasteiger partial charge in [0.05, 0.1) is 15.9 Å². The highest BCUT2D eigenvalue weighted by Crippen LogP contribution is 2.28. The van der Waals surface area contributed by atoms with Crippen LogP contribution in [0.25, 0.3) is 10.9 Å². The number of aromatic amines is 1. The van der Waals surface area contributed by atoms with Gasteiger partial charge in [-0.3, -0.25) is 9.59 Å². The molecule has 0 aliphatic heterocycles. The number of rotatable bonds is 5. The van der Waals surface area contributed by atoms with Gasteiger partial charge in [0.15, 0.2) is 5.76 Å². The molecule has 0 unspecified atom stereocenters. The van der Waals surface area contributed by atoms with Crippen molar-refractivity contribution in [1.82, 2.24) is 9.66 Å². The van der Waals surface area contributed by atoms with Crippen LogP contribution >= 0.6 is 23.2 Å². The number of hydrogen-bond donors (Lipinski definition) is 2. The number of carbonyl (C=O) groups excluding carboxylic acids is 1. The third-order valence-corrected chi connectivity index (χ3v) is 4.70. The number of amides is 1. The first-order valence-electron chi connectivity index (χ1n) is 8.64. The van der Waals surface area contributed by atoms with E-state index in [-0.39, 0.29) is 17.8 Å². The van der Waals surface area contributed by atoms with Gasteiger partial charge in [-0.15, -0.1) is 0 Å². The monoisotopic (exact) mass is 445 g/mol. The summed E-state index contributed by atoms with van der Waals surface area (Å²) in [6.45, 7) is 0.00510. The molecule has 0 aliphatic carbocycles. The standard InChI is InChI=1S/C20H13Cl2N3O5/c21-11-5-7-16(14(22)9-11)29-10-12-6-8-17(30-12)18(26)24-25-19(27)13-3-1-2-4-15(13)23-20(25)28/h1-9H,10H2,(H,23,28)(H,24,26). The minimum atomic E-state index is -0.778. The highest BCUT2D eigenvalue weighted by Gasteiger charge is 2.15. The van der Waals surface area contributed by atoms with Crippen molar-refractivity contribution in [2.45, 2.75) is 6.61 Å². The van der Waals surface area contributed by atoms with Gasteiger partial charge in [0.2, 0.25) is 0 Å². The zero-order valence-corrected chi connectivity index (χ0v) is 16.7. The Morgan fingerprint density at radius 2 is 1.90 bits per heavy atom. The normalized spacial score (nSPS) is 10.9. The van der Waals surface area contributed by atoms with Gasteiger partial charge in [-0.1, -0.05) is 35.3 Å². The van der Waals surface area contributed by atoms with Gasteiger partial charge in [0.1, 0.15) is 18.1 Å². The number of aromatic nitrogens is 2. The molecule has 0 aliphatic rings. The van der Waals surface area contributed by atoms with Crippen LogP contribution in [-0.4, -0.2) is 15.6 Å². The summed E-state index contributed by atoms with van der Waals surface area (Å²) in [6, 6.07) is 14.2. The molecule has 2 aromatic carbocycles. The molecule has 2 heterocycles. The first-order chi connectivity index (χ1) is 14.4. The van der Waals surface area contributed by atoms with Crippen LogP contribution in [0.15, 0.2) is 68.6 Å². The van der Waals surface area contributed by atoms with Crippen LogP contribution < -0.4 is 21.4 Å². The minimum absolute atomic E-state index is 0.00510. The van der Waals surface area contributed by atoms with E-state index in [4.69, 9.17) is 32.4 Å². The van der Waals surface area contributed by atoms with Crippen LogP contribution in [0.4, 0.5) is 0 Å². The molecular formula is C20H13Cl2N3O5. The highest BCUT2D eigenvalue weighted by molar-refractivity contribution is 6.35. The molecule has 1 amide bonds. The summed E-state index contributed by atoms with van der Waals surface area (Å²) in [5.41, 5.74) is 1.18. The Labute approximate surface area is 178 Å². The largest absolute Gasteiger partial charge is 0.484 e. The van der Waals surface area contributed by atoms with Crippen LogP contribution in [0.3, 0.4) is 0 Å². The van der Waals surface area contributed by atoms with E-state index < -0.39 is 17.2 Å². The molecule has 0 saturated carbocycles. The average Bonchev–Trinajstić information content (AvgIpc) is 3.19. The molecular weight excluding hydrogens is 433 g/mol. The molecule has 0 bridgehead atoms. The zero-order chi connectivity index (χ0) is 21.3. The van der Waals surface area contributed by atoms with Crippen molar-refractivity contribution in [1.29, 1.82) is 0 Å². The second-order valence-electron chi connectivity index (χ2n) is 6.19. The number of benzene rings is 2. The maximum absolute atomic E-state index is 12.5. The lowest BCUT2D eigenvalue weighted by atomic mass is 10.2. The fourth-order valence-electron chi connectivity index (χ4n) is 2.74. The number of nitrogens with zero attached hydrogens (tertiary/aromatic N) is 1. The van der Waals surface area contributed by atoms with Crippen molar-refractivity contribution in [3.05, 3.63) is 97.0 Å². The van der Waals surface area contributed by atoms with Crippen LogP contribution in [-0.2, 0) is 6.61 Å². The maximum Gasteiger partial charge on any atom is 0.348 e. The third kappa shape index (κ3) is 3.96. The Morgan fingerprint density at radius 1 is 1.10 bits per heavy atom. The van der Waals surface area contributed by atoms with Crippen molar-refractivity contribution in [2.75, 3.05) is 5.43 Å².